The third-order valence-electron chi connectivity index (χ3n) is 2.28. The van der Waals surface area contributed by atoms with Gasteiger partial charge in [-0.25, -0.2) is 0 Å². The van der Waals surface area contributed by atoms with Gasteiger partial charge in [0.15, 0.2) is 0 Å². The summed E-state index contributed by atoms with van der Waals surface area (Å²) in [6.45, 7) is 2.50. The highest BCUT2D eigenvalue weighted by Gasteiger charge is 2.02. The molecule has 3 N–H and O–H groups in total. The lowest BCUT2D eigenvalue weighted by molar-refractivity contribution is -0.121. The Hall–Kier alpha value is -1.42. The fourth-order valence-electron chi connectivity index (χ4n) is 1.38. The van der Waals surface area contributed by atoms with Crippen molar-refractivity contribution in [2.45, 2.75) is 38.8 Å². The van der Waals surface area contributed by atoms with E-state index in [2.05, 4.69) is 10.3 Å². The van der Waals surface area contributed by atoms with Crippen LogP contribution in [0.5, 0.6) is 0 Å². The van der Waals surface area contributed by atoms with Gasteiger partial charge in [0, 0.05) is 31.4 Å². The maximum Gasteiger partial charge on any atom is 0.220 e. The predicted molar refractivity (Wildman–Crippen MR) is 63.6 cm³/mol. The smallest absolute Gasteiger partial charge is 0.220 e. The van der Waals surface area contributed by atoms with Gasteiger partial charge in [0.2, 0.25) is 5.91 Å². The molecule has 4 nitrogen and oxygen atoms in total. The van der Waals surface area contributed by atoms with E-state index in [1.54, 1.807) is 12.4 Å². The van der Waals surface area contributed by atoms with Crippen LogP contribution in [0.1, 0.15) is 31.7 Å². The Morgan fingerprint density at radius 1 is 1.62 bits per heavy atom. The fourth-order valence-corrected chi connectivity index (χ4v) is 1.38. The number of aromatic nitrogens is 1. The topological polar surface area (TPSA) is 68.0 Å². The summed E-state index contributed by atoms with van der Waals surface area (Å²) in [6.07, 6.45) is 5.74. The molecule has 1 amide bonds. The maximum absolute atomic E-state index is 11.4. The molecular weight excluding hydrogens is 202 g/mol. The first-order chi connectivity index (χ1) is 7.68. The molecule has 0 aromatic carbocycles. The molecular formula is C12H19N3O. The third kappa shape index (κ3) is 5.46. The van der Waals surface area contributed by atoms with Crippen LogP contribution in [0.15, 0.2) is 24.5 Å². The molecule has 0 bridgehead atoms. The SMILES string of the molecule is CC(N)CCCC(=O)NCc1cccnc1. The van der Waals surface area contributed by atoms with E-state index in [1.807, 2.05) is 19.1 Å². The fraction of sp³-hybridized carbons (Fsp3) is 0.500. The summed E-state index contributed by atoms with van der Waals surface area (Å²) < 4.78 is 0. The minimum absolute atomic E-state index is 0.0736. The van der Waals surface area contributed by atoms with Gasteiger partial charge in [-0.1, -0.05) is 6.07 Å². The van der Waals surface area contributed by atoms with Crippen LogP contribution < -0.4 is 11.1 Å². The van der Waals surface area contributed by atoms with Gasteiger partial charge in [0.25, 0.3) is 0 Å². The maximum atomic E-state index is 11.4. The standard InChI is InChI=1S/C12H19N3O/c1-10(13)4-2-6-12(16)15-9-11-5-3-7-14-8-11/h3,5,7-8,10H,2,4,6,9,13H2,1H3,(H,15,16). The van der Waals surface area contributed by atoms with Crippen molar-refractivity contribution in [3.05, 3.63) is 30.1 Å². The molecule has 0 radical (unpaired) electrons. The van der Waals surface area contributed by atoms with E-state index in [1.165, 1.54) is 0 Å². The summed E-state index contributed by atoms with van der Waals surface area (Å²) in [5.41, 5.74) is 6.62. The number of rotatable bonds is 6. The summed E-state index contributed by atoms with van der Waals surface area (Å²) in [7, 11) is 0. The van der Waals surface area contributed by atoms with Gasteiger partial charge in [0.05, 0.1) is 0 Å². The summed E-state index contributed by atoms with van der Waals surface area (Å²) in [4.78, 5) is 15.4. The molecule has 1 rings (SSSR count). The van der Waals surface area contributed by atoms with Gasteiger partial charge in [-0.05, 0) is 31.4 Å². The zero-order chi connectivity index (χ0) is 11.8. The number of carbonyl (C=O) groups excluding carboxylic acids is 1. The number of nitrogens with zero attached hydrogens (tertiary/aromatic N) is 1. The lowest BCUT2D eigenvalue weighted by atomic mass is 10.1. The van der Waals surface area contributed by atoms with Crippen molar-refractivity contribution in [1.29, 1.82) is 0 Å². The van der Waals surface area contributed by atoms with E-state index in [0.717, 1.165) is 18.4 Å². The van der Waals surface area contributed by atoms with Crippen LogP contribution in [0.3, 0.4) is 0 Å². The molecule has 0 aliphatic heterocycles. The molecule has 1 aromatic heterocycles. The molecule has 1 heterocycles. The minimum Gasteiger partial charge on any atom is -0.352 e. The van der Waals surface area contributed by atoms with Gasteiger partial charge < -0.3 is 11.1 Å². The summed E-state index contributed by atoms with van der Waals surface area (Å²) >= 11 is 0. The van der Waals surface area contributed by atoms with E-state index >= 15 is 0 Å². The highest BCUT2D eigenvalue weighted by atomic mass is 16.1. The summed E-state index contributed by atoms with van der Waals surface area (Å²) in [5.74, 6) is 0.0736. The van der Waals surface area contributed by atoms with Crippen molar-refractivity contribution in [2.75, 3.05) is 0 Å². The van der Waals surface area contributed by atoms with Crippen LogP contribution >= 0.6 is 0 Å². The second kappa shape index (κ2) is 6.95. The largest absolute Gasteiger partial charge is 0.352 e. The molecule has 1 atom stereocenters. The first-order valence-corrected chi connectivity index (χ1v) is 5.59. The highest BCUT2D eigenvalue weighted by molar-refractivity contribution is 5.75. The zero-order valence-electron chi connectivity index (χ0n) is 9.65. The second-order valence-electron chi connectivity index (χ2n) is 4.01. The van der Waals surface area contributed by atoms with Gasteiger partial charge >= 0.3 is 0 Å². The molecule has 1 aromatic rings. The lowest BCUT2D eigenvalue weighted by Crippen LogP contribution is -2.23. The van der Waals surface area contributed by atoms with Crippen molar-refractivity contribution >= 4 is 5.91 Å². The van der Waals surface area contributed by atoms with E-state index in [4.69, 9.17) is 5.73 Å². The molecule has 1 unspecified atom stereocenters. The monoisotopic (exact) mass is 221 g/mol. The number of pyridine rings is 1. The van der Waals surface area contributed by atoms with Crippen LogP contribution in [-0.2, 0) is 11.3 Å². The van der Waals surface area contributed by atoms with Crippen molar-refractivity contribution in [3.8, 4) is 0 Å². The van der Waals surface area contributed by atoms with E-state index in [9.17, 15) is 4.79 Å². The molecule has 16 heavy (non-hydrogen) atoms. The average molecular weight is 221 g/mol. The molecule has 0 aliphatic carbocycles. The number of hydrogen-bond acceptors (Lipinski definition) is 3. The second-order valence-corrected chi connectivity index (χ2v) is 4.01. The van der Waals surface area contributed by atoms with Gasteiger partial charge in [-0.15, -0.1) is 0 Å². The minimum atomic E-state index is 0.0736. The number of nitrogens with two attached hydrogens (primary N) is 1. The number of hydrogen-bond donors (Lipinski definition) is 2. The quantitative estimate of drug-likeness (QED) is 0.758. The first-order valence-electron chi connectivity index (χ1n) is 5.59. The number of nitrogens with one attached hydrogen (secondary N) is 1. The van der Waals surface area contributed by atoms with Gasteiger partial charge in [-0.2, -0.15) is 0 Å². The van der Waals surface area contributed by atoms with Gasteiger partial charge in [0.1, 0.15) is 0 Å². The van der Waals surface area contributed by atoms with Crippen LogP contribution in [0.25, 0.3) is 0 Å². The Bertz CT molecular complexity index is 311. The molecule has 0 saturated carbocycles. The molecule has 4 heteroatoms. The number of carbonyl (C=O) groups is 1. The molecule has 0 spiro atoms. The van der Waals surface area contributed by atoms with Crippen LogP contribution in [0.2, 0.25) is 0 Å². The first kappa shape index (κ1) is 12.6. The summed E-state index contributed by atoms with van der Waals surface area (Å²) in [6, 6.07) is 3.97. The van der Waals surface area contributed by atoms with Crippen molar-refractivity contribution in [2.24, 2.45) is 5.73 Å². The summed E-state index contributed by atoms with van der Waals surface area (Å²) in [5, 5.41) is 2.85. The third-order valence-corrected chi connectivity index (χ3v) is 2.28. The molecule has 0 aliphatic rings. The van der Waals surface area contributed by atoms with E-state index in [0.29, 0.717) is 13.0 Å². The van der Waals surface area contributed by atoms with E-state index in [-0.39, 0.29) is 11.9 Å². The predicted octanol–water partition coefficient (Wildman–Crippen LogP) is 1.22. The van der Waals surface area contributed by atoms with Crippen molar-refractivity contribution in [3.63, 3.8) is 0 Å². The lowest BCUT2D eigenvalue weighted by Gasteiger charge is -2.06. The van der Waals surface area contributed by atoms with E-state index < -0.39 is 0 Å². The van der Waals surface area contributed by atoms with Crippen LogP contribution in [0, 0.1) is 0 Å². The average Bonchev–Trinajstić information content (AvgIpc) is 2.27. The highest BCUT2D eigenvalue weighted by Crippen LogP contribution is 1.99. The Balaban J connectivity index is 2.16. The molecule has 88 valence electrons. The Kier molecular flexibility index (Phi) is 5.50. The Morgan fingerprint density at radius 3 is 3.06 bits per heavy atom. The van der Waals surface area contributed by atoms with Crippen molar-refractivity contribution < 1.29 is 4.79 Å². The normalized spacial score (nSPS) is 12.1. The number of amides is 1. The molecule has 0 saturated heterocycles. The Labute approximate surface area is 96.3 Å². The van der Waals surface area contributed by atoms with Crippen molar-refractivity contribution in [1.82, 2.24) is 10.3 Å². The van der Waals surface area contributed by atoms with Gasteiger partial charge in [-0.3, -0.25) is 9.78 Å². The Morgan fingerprint density at radius 2 is 2.44 bits per heavy atom. The zero-order valence-corrected chi connectivity index (χ0v) is 9.65. The molecule has 0 fully saturated rings. The van der Waals surface area contributed by atoms with Crippen LogP contribution in [-0.4, -0.2) is 16.9 Å². The van der Waals surface area contributed by atoms with Crippen LogP contribution in [0.4, 0.5) is 0 Å².